The maximum absolute atomic E-state index is 11.1. The molecule has 0 spiro atoms. The summed E-state index contributed by atoms with van der Waals surface area (Å²) in [6.45, 7) is 2.09. The van der Waals surface area contributed by atoms with Crippen molar-refractivity contribution in [3.05, 3.63) is 35.4 Å². The number of aromatic carboxylic acids is 1. The summed E-state index contributed by atoms with van der Waals surface area (Å²) in [5.74, 6) is -0.953. The number of benzene rings is 1. The second kappa shape index (κ2) is 5.97. The van der Waals surface area contributed by atoms with Crippen LogP contribution in [0, 0.1) is 0 Å². The van der Waals surface area contributed by atoms with E-state index in [0.29, 0.717) is 12.1 Å². The summed E-state index contributed by atoms with van der Waals surface area (Å²) < 4.78 is 22.2. The molecule has 100 valence electrons. The Hall–Kier alpha value is -1.40. The molecule has 1 aromatic rings. The van der Waals surface area contributed by atoms with Crippen molar-refractivity contribution in [2.24, 2.45) is 0 Å². The van der Waals surface area contributed by atoms with E-state index in [4.69, 9.17) is 5.11 Å². The lowest BCUT2D eigenvalue weighted by molar-refractivity contribution is 0.0695. The van der Waals surface area contributed by atoms with Gasteiger partial charge >= 0.3 is 5.97 Å². The second-order valence-electron chi connectivity index (χ2n) is 4.34. The molecule has 1 rings (SSSR count). The van der Waals surface area contributed by atoms with Gasteiger partial charge in [0.05, 0.1) is 11.3 Å². The lowest BCUT2D eigenvalue weighted by Gasteiger charge is -2.13. The summed E-state index contributed by atoms with van der Waals surface area (Å²) in [4.78, 5) is 11.0. The van der Waals surface area contributed by atoms with Crippen LogP contribution in [-0.4, -0.2) is 37.5 Å². The fourth-order valence-corrected chi connectivity index (χ4v) is 2.71. The van der Waals surface area contributed by atoms with Crippen LogP contribution >= 0.6 is 0 Å². The van der Waals surface area contributed by atoms with Crippen LogP contribution < -0.4 is 5.32 Å². The maximum atomic E-state index is 11.1. The van der Waals surface area contributed by atoms with Gasteiger partial charge in [-0.05, 0) is 18.6 Å². The van der Waals surface area contributed by atoms with Gasteiger partial charge in [-0.3, -0.25) is 0 Å². The molecule has 0 aliphatic carbocycles. The average Bonchev–Trinajstić information content (AvgIpc) is 2.24. The first kappa shape index (κ1) is 14.7. The standard InChI is InChI=1S/C12H17NO4S/c1-9(8-18(2,16)17)13-7-10-5-3-4-6-11(10)12(14)15/h3-6,9,13H,7-8H2,1-2H3,(H,14,15). The molecule has 0 aliphatic heterocycles. The Morgan fingerprint density at radius 2 is 2.00 bits per heavy atom. The largest absolute Gasteiger partial charge is 0.478 e. The molecule has 1 unspecified atom stereocenters. The number of hydrogen-bond donors (Lipinski definition) is 2. The number of carboxylic acids is 1. The van der Waals surface area contributed by atoms with Gasteiger partial charge in [0.2, 0.25) is 0 Å². The molecule has 0 bridgehead atoms. The normalized spacial score (nSPS) is 13.2. The number of nitrogens with one attached hydrogen (secondary N) is 1. The molecular formula is C12H17NO4S. The van der Waals surface area contributed by atoms with Crippen molar-refractivity contribution < 1.29 is 18.3 Å². The molecule has 0 saturated heterocycles. The summed E-state index contributed by atoms with van der Waals surface area (Å²) in [5.41, 5.74) is 0.877. The highest BCUT2D eigenvalue weighted by Gasteiger charge is 2.12. The smallest absolute Gasteiger partial charge is 0.336 e. The zero-order valence-corrected chi connectivity index (χ0v) is 11.2. The first-order chi connectivity index (χ1) is 8.29. The van der Waals surface area contributed by atoms with E-state index in [1.807, 2.05) is 0 Å². The van der Waals surface area contributed by atoms with Crippen molar-refractivity contribution >= 4 is 15.8 Å². The summed E-state index contributed by atoms with van der Waals surface area (Å²) in [5, 5.41) is 12.0. The monoisotopic (exact) mass is 271 g/mol. The molecular weight excluding hydrogens is 254 g/mol. The van der Waals surface area contributed by atoms with Crippen molar-refractivity contribution in [1.29, 1.82) is 0 Å². The van der Waals surface area contributed by atoms with E-state index in [-0.39, 0.29) is 17.4 Å². The summed E-state index contributed by atoms with van der Waals surface area (Å²) in [7, 11) is -3.03. The highest BCUT2D eigenvalue weighted by molar-refractivity contribution is 7.90. The fraction of sp³-hybridized carbons (Fsp3) is 0.417. The second-order valence-corrected chi connectivity index (χ2v) is 6.52. The minimum atomic E-state index is -3.03. The van der Waals surface area contributed by atoms with E-state index >= 15 is 0 Å². The molecule has 0 saturated carbocycles. The van der Waals surface area contributed by atoms with Crippen LogP contribution in [0.3, 0.4) is 0 Å². The summed E-state index contributed by atoms with van der Waals surface area (Å²) >= 11 is 0. The molecule has 6 heteroatoms. The van der Waals surface area contributed by atoms with E-state index in [2.05, 4.69) is 5.32 Å². The predicted molar refractivity (Wildman–Crippen MR) is 69.4 cm³/mol. The Bertz CT molecular complexity index is 525. The van der Waals surface area contributed by atoms with Gasteiger partial charge in [-0.2, -0.15) is 0 Å². The van der Waals surface area contributed by atoms with Crippen molar-refractivity contribution in [2.75, 3.05) is 12.0 Å². The van der Waals surface area contributed by atoms with E-state index in [0.717, 1.165) is 0 Å². The van der Waals surface area contributed by atoms with E-state index in [1.54, 1.807) is 25.1 Å². The van der Waals surface area contributed by atoms with Gasteiger partial charge in [0.1, 0.15) is 9.84 Å². The Labute approximate surface area is 107 Å². The Balaban J connectivity index is 2.67. The highest BCUT2D eigenvalue weighted by Crippen LogP contribution is 2.08. The van der Waals surface area contributed by atoms with Crippen LogP contribution in [0.4, 0.5) is 0 Å². The predicted octanol–water partition coefficient (Wildman–Crippen LogP) is 0.907. The molecule has 0 fully saturated rings. The number of carbonyl (C=O) groups is 1. The third kappa shape index (κ3) is 4.85. The molecule has 0 radical (unpaired) electrons. The minimum absolute atomic E-state index is 0.0300. The lowest BCUT2D eigenvalue weighted by atomic mass is 10.1. The Kier molecular flexibility index (Phi) is 4.86. The zero-order valence-electron chi connectivity index (χ0n) is 10.4. The first-order valence-electron chi connectivity index (χ1n) is 5.52. The molecule has 5 nitrogen and oxygen atoms in total. The highest BCUT2D eigenvalue weighted by atomic mass is 32.2. The van der Waals surface area contributed by atoms with Gasteiger partial charge in [0, 0.05) is 18.8 Å². The molecule has 2 N–H and O–H groups in total. The summed E-state index contributed by atoms with van der Waals surface area (Å²) in [6.07, 6.45) is 1.18. The maximum Gasteiger partial charge on any atom is 0.336 e. The number of rotatable bonds is 6. The topological polar surface area (TPSA) is 83.5 Å². The van der Waals surface area contributed by atoms with Gasteiger partial charge in [0.25, 0.3) is 0 Å². The van der Waals surface area contributed by atoms with Gasteiger partial charge < -0.3 is 10.4 Å². The molecule has 0 heterocycles. The first-order valence-corrected chi connectivity index (χ1v) is 7.58. The quantitative estimate of drug-likeness (QED) is 0.803. The van der Waals surface area contributed by atoms with Crippen molar-refractivity contribution in [2.45, 2.75) is 19.5 Å². The van der Waals surface area contributed by atoms with E-state index < -0.39 is 15.8 Å². The molecule has 0 amide bonds. The van der Waals surface area contributed by atoms with Crippen LogP contribution in [0.15, 0.2) is 24.3 Å². The van der Waals surface area contributed by atoms with Gasteiger partial charge in [-0.25, -0.2) is 13.2 Å². The Morgan fingerprint density at radius 3 is 2.56 bits per heavy atom. The fourth-order valence-electron chi connectivity index (χ4n) is 1.68. The SMILES string of the molecule is CC(CS(C)(=O)=O)NCc1ccccc1C(=O)O. The van der Waals surface area contributed by atoms with Crippen molar-refractivity contribution in [3.8, 4) is 0 Å². The number of sulfone groups is 1. The summed E-state index contributed by atoms with van der Waals surface area (Å²) in [6, 6.07) is 6.43. The van der Waals surface area contributed by atoms with Crippen LogP contribution in [0.2, 0.25) is 0 Å². The van der Waals surface area contributed by atoms with Crippen molar-refractivity contribution in [1.82, 2.24) is 5.32 Å². The number of hydrogen-bond acceptors (Lipinski definition) is 4. The average molecular weight is 271 g/mol. The van der Waals surface area contributed by atoms with Crippen LogP contribution in [0.25, 0.3) is 0 Å². The van der Waals surface area contributed by atoms with Crippen LogP contribution in [-0.2, 0) is 16.4 Å². The third-order valence-corrected chi connectivity index (χ3v) is 3.55. The number of carboxylic acid groups (broad SMARTS) is 1. The van der Waals surface area contributed by atoms with Crippen molar-refractivity contribution in [3.63, 3.8) is 0 Å². The van der Waals surface area contributed by atoms with Crippen LogP contribution in [0.1, 0.15) is 22.8 Å². The van der Waals surface area contributed by atoms with Gasteiger partial charge in [-0.1, -0.05) is 18.2 Å². The Morgan fingerprint density at radius 1 is 1.39 bits per heavy atom. The molecule has 0 aromatic heterocycles. The molecule has 1 aromatic carbocycles. The third-order valence-electron chi connectivity index (χ3n) is 2.44. The minimum Gasteiger partial charge on any atom is -0.478 e. The zero-order chi connectivity index (χ0) is 13.8. The van der Waals surface area contributed by atoms with Crippen LogP contribution in [0.5, 0.6) is 0 Å². The van der Waals surface area contributed by atoms with Gasteiger partial charge in [0.15, 0.2) is 0 Å². The van der Waals surface area contributed by atoms with E-state index in [1.165, 1.54) is 12.3 Å². The van der Waals surface area contributed by atoms with E-state index in [9.17, 15) is 13.2 Å². The lowest BCUT2D eigenvalue weighted by Crippen LogP contribution is -2.32. The molecule has 18 heavy (non-hydrogen) atoms. The van der Waals surface area contributed by atoms with Gasteiger partial charge in [-0.15, -0.1) is 0 Å². The molecule has 0 aliphatic rings. The molecule has 1 atom stereocenters.